The Labute approximate surface area is 163 Å². The van der Waals surface area contributed by atoms with Crippen LogP contribution in [0.25, 0.3) is 11.4 Å². The first-order chi connectivity index (χ1) is 13.6. The van der Waals surface area contributed by atoms with E-state index in [0.29, 0.717) is 35.3 Å². The van der Waals surface area contributed by atoms with E-state index in [2.05, 4.69) is 10.1 Å². The summed E-state index contributed by atoms with van der Waals surface area (Å²) in [6.45, 7) is 4.58. The van der Waals surface area contributed by atoms with Crippen molar-refractivity contribution in [3.8, 4) is 22.9 Å². The molecule has 2 aromatic carbocycles. The molecule has 0 saturated heterocycles. The van der Waals surface area contributed by atoms with Crippen LogP contribution in [0.2, 0.25) is 0 Å². The van der Waals surface area contributed by atoms with E-state index in [4.69, 9.17) is 14.0 Å². The molecule has 0 aliphatic heterocycles. The van der Waals surface area contributed by atoms with Crippen LogP contribution < -0.4 is 9.47 Å². The number of benzene rings is 2. The van der Waals surface area contributed by atoms with Gasteiger partial charge in [-0.25, -0.2) is 0 Å². The molecule has 0 unspecified atom stereocenters. The van der Waals surface area contributed by atoms with Gasteiger partial charge in [0, 0.05) is 12.1 Å². The smallest absolute Gasteiger partial charge is 0.258 e. The molecular formula is C21H23N3O4. The lowest BCUT2D eigenvalue weighted by atomic mass is 10.1. The van der Waals surface area contributed by atoms with Crippen molar-refractivity contribution < 1.29 is 18.8 Å². The first-order valence-corrected chi connectivity index (χ1v) is 8.97. The normalized spacial score (nSPS) is 10.6. The second kappa shape index (κ2) is 8.56. The van der Waals surface area contributed by atoms with E-state index in [1.54, 1.807) is 23.1 Å². The number of hydrogen-bond acceptors (Lipinski definition) is 6. The summed E-state index contributed by atoms with van der Waals surface area (Å²) in [4.78, 5) is 19.1. The van der Waals surface area contributed by atoms with Crippen LogP contribution in [-0.2, 0) is 6.54 Å². The Morgan fingerprint density at radius 3 is 2.50 bits per heavy atom. The third-order valence-electron chi connectivity index (χ3n) is 4.41. The van der Waals surface area contributed by atoms with E-state index in [1.165, 1.54) is 14.2 Å². The van der Waals surface area contributed by atoms with Crippen molar-refractivity contribution in [2.45, 2.75) is 20.4 Å². The molecule has 0 atom stereocenters. The molecule has 7 heteroatoms. The molecule has 3 aromatic rings. The van der Waals surface area contributed by atoms with E-state index in [0.717, 1.165) is 11.1 Å². The fourth-order valence-electron chi connectivity index (χ4n) is 2.86. The van der Waals surface area contributed by atoms with Gasteiger partial charge in [0.25, 0.3) is 5.91 Å². The molecule has 0 saturated carbocycles. The highest BCUT2D eigenvalue weighted by atomic mass is 16.5. The number of ether oxygens (including phenoxy) is 2. The van der Waals surface area contributed by atoms with E-state index in [1.807, 2.05) is 38.1 Å². The molecule has 0 N–H and O–H groups in total. The van der Waals surface area contributed by atoms with Gasteiger partial charge in [0.2, 0.25) is 11.7 Å². The predicted molar refractivity (Wildman–Crippen MR) is 104 cm³/mol. The van der Waals surface area contributed by atoms with Gasteiger partial charge in [0.05, 0.1) is 19.8 Å². The van der Waals surface area contributed by atoms with Crippen molar-refractivity contribution in [3.05, 3.63) is 59.5 Å². The summed E-state index contributed by atoms with van der Waals surface area (Å²) in [5, 5.41) is 4.03. The Morgan fingerprint density at radius 2 is 1.86 bits per heavy atom. The third-order valence-corrected chi connectivity index (χ3v) is 4.41. The first kappa shape index (κ1) is 19.4. The Kier molecular flexibility index (Phi) is 5.93. The molecule has 0 fully saturated rings. The Morgan fingerprint density at radius 1 is 1.11 bits per heavy atom. The van der Waals surface area contributed by atoms with Crippen molar-refractivity contribution in [2.24, 2.45) is 0 Å². The summed E-state index contributed by atoms with van der Waals surface area (Å²) in [7, 11) is 3.05. The minimum absolute atomic E-state index is 0.201. The molecular weight excluding hydrogens is 358 g/mol. The van der Waals surface area contributed by atoms with E-state index >= 15 is 0 Å². The number of aromatic nitrogens is 2. The second-order valence-corrected chi connectivity index (χ2v) is 6.24. The van der Waals surface area contributed by atoms with Crippen molar-refractivity contribution >= 4 is 5.91 Å². The van der Waals surface area contributed by atoms with Crippen LogP contribution in [0.3, 0.4) is 0 Å². The molecule has 0 aliphatic carbocycles. The van der Waals surface area contributed by atoms with E-state index < -0.39 is 0 Å². The quantitative estimate of drug-likeness (QED) is 0.621. The van der Waals surface area contributed by atoms with Gasteiger partial charge in [0.1, 0.15) is 6.54 Å². The van der Waals surface area contributed by atoms with Crippen LogP contribution in [0.1, 0.15) is 28.7 Å². The molecule has 0 spiro atoms. The largest absolute Gasteiger partial charge is 0.493 e. The number of amides is 1. The summed E-state index contributed by atoms with van der Waals surface area (Å²) in [6, 6.07) is 13.1. The lowest BCUT2D eigenvalue weighted by Gasteiger charge is -2.20. The highest BCUT2D eigenvalue weighted by Crippen LogP contribution is 2.31. The lowest BCUT2D eigenvalue weighted by Crippen LogP contribution is -2.30. The summed E-state index contributed by atoms with van der Waals surface area (Å²) in [5.41, 5.74) is 2.44. The van der Waals surface area contributed by atoms with Crippen LogP contribution in [0.5, 0.6) is 11.5 Å². The van der Waals surface area contributed by atoms with Crippen molar-refractivity contribution in [1.82, 2.24) is 15.0 Å². The second-order valence-electron chi connectivity index (χ2n) is 6.24. The van der Waals surface area contributed by atoms with E-state index in [9.17, 15) is 4.79 Å². The summed E-state index contributed by atoms with van der Waals surface area (Å²) in [5.74, 6) is 1.57. The Hall–Kier alpha value is -3.35. The number of nitrogens with zero attached hydrogens (tertiary/aromatic N) is 3. The zero-order valence-electron chi connectivity index (χ0n) is 16.4. The maximum atomic E-state index is 13.0. The molecule has 0 radical (unpaired) electrons. The Balaban J connectivity index is 1.81. The minimum atomic E-state index is -0.201. The van der Waals surface area contributed by atoms with Gasteiger partial charge in [-0.05, 0) is 26.0 Å². The van der Waals surface area contributed by atoms with Gasteiger partial charge in [-0.2, -0.15) is 4.98 Å². The number of rotatable bonds is 7. The van der Waals surface area contributed by atoms with Crippen LogP contribution in [0.15, 0.2) is 47.0 Å². The maximum absolute atomic E-state index is 13.0. The molecule has 0 bridgehead atoms. The standard InChI is InChI=1S/C21H23N3O4/c1-5-24(21(25)16-7-6-8-17(26-3)19(16)27-4)13-18-22-20(23-28-18)15-11-9-14(2)10-12-15/h6-12H,5,13H2,1-4H3. The molecule has 0 aliphatic rings. The molecule has 1 heterocycles. The van der Waals surface area contributed by atoms with Crippen LogP contribution in [0.4, 0.5) is 0 Å². The molecule has 7 nitrogen and oxygen atoms in total. The molecule has 146 valence electrons. The molecule has 28 heavy (non-hydrogen) atoms. The average molecular weight is 381 g/mol. The topological polar surface area (TPSA) is 77.7 Å². The minimum Gasteiger partial charge on any atom is -0.493 e. The number of carbonyl (C=O) groups is 1. The van der Waals surface area contributed by atoms with Crippen molar-refractivity contribution in [3.63, 3.8) is 0 Å². The number of hydrogen-bond donors (Lipinski definition) is 0. The molecule has 1 amide bonds. The van der Waals surface area contributed by atoms with Gasteiger partial charge in [-0.3, -0.25) is 4.79 Å². The van der Waals surface area contributed by atoms with Gasteiger partial charge < -0.3 is 18.9 Å². The van der Waals surface area contributed by atoms with Crippen LogP contribution >= 0.6 is 0 Å². The van der Waals surface area contributed by atoms with Gasteiger partial charge in [-0.1, -0.05) is 41.1 Å². The molecule has 1 aromatic heterocycles. The Bertz CT molecular complexity index is 951. The monoisotopic (exact) mass is 381 g/mol. The fraction of sp³-hybridized carbons (Fsp3) is 0.286. The SMILES string of the molecule is CCN(Cc1nc(-c2ccc(C)cc2)no1)C(=O)c1cccc(OC)c1OC. The number of carbonyl (C=O) groups excluding carboxylic acids is 1. The van der Waals surface area contributed by atoms with E-state index in [-0.39, 0.29) is 12.5 Å². The summed E-state index contributed by atoms with van der Waals surface area (Å²) in [6.07, 6.45) is 0. The number of aryl methyl sites for hydroxylation is 1. The first-order valence-electron chi connectivity index (χ1n) is 8.97. The van der Waals surface area contributed by atoms with Crippen molar-refractivity contribution in [1.29, 1.82) is 0 Å². The zero-order chi connectivity index (χ0) is 20.1. The fourth-order valence-corrected chi connectivity index (χ4v) is 2.86. The number of methoxy groups -OCH3 is 2. The lowest BCUT2D eigenvalue weighted by molar-refractivity contribution is 0.0730. The zero-order valence-corrected chi connectivity index (χ0v) is 16.4. The van der Waals surface area contributed by atoms with Gasteiger partial charge in [0.15, 0.2) is 11.5 Å². The van der Waals surface area contributed by atoms with Gasteiger partial charge in [-0.15, -0.1) is 0 Å². The highest BCUT2D eigenvalue weighted by molar-refractivity contribution is 5.97. The van der Waals surface area contributed by atoms with Crippen molar-refractivity contribution in [2.75, 3.05) is 20.8 Å². The predicted octanol–water partition coefficient (Wildman–Crippen LogP) is 3.72. The number of para-hydroxylation sites is 1. The summed E-state index contributed by atoms with van der Waals surface area (Å²) < 4.78 is 16.0. The average Bonchev–Trinajstić information content (AvgIpc) is 3.19. The van der Waals surface area contributed by atoms with Crippen LogP contribution in [0, 0.1) is 6.92 Å². The highest BCUT2D eigenvalue weighted by Gasteiger charge is 2.23. The van der Waals surface area contributed by atoms with Crippen LogP contribution in [-0.4, -0.2) is 41.7 Å². The van der Waals surface area contributed by atoms with Gasteiger partial charge >= 0.3 is 0 Å². The third kappa shape index (κ3) is 3.98. The summed E-state index contributed by atoms with van der Waals surface area (Å²) >= 11 is 0. The molecule has 3 rings (SSSR count). The maximum Gasteiger partial charge on any atom is 0.258 e.